The van der Waals surface area contributed by atoms with E-state index in [9.17, 15) is 4.79 Å². The second kappa shape index (κ2) is 4.71. The highest BCUT2D eigenvalue weighted by atomic mass is 16.5. The molecule has 0 aromatic rings. The van der Waals surface area contributed by atoms with Crippen molar-refractivity contribution in [2.24, 2.45) is 5.16 Å². The van der Waals surface area contributed by atoms with Crippen LogP contribution in [0.2, 0.25) is 0 Å². The van der Waals surface area contributed by atoms with Gasteiger partial charge < -0.3 is 9.94 Å². The number of methoxy groups -OCH3 is 1. The molecule has 70 valence electrons. The van der Waals surface area contributed by atoms with E-state index in [-0.39, 0.29) is 12.5 Å². The van der Waals surface area contributed by atoms with E-state index in [2.05, 4.69) is 15.2 Å². The minimum atomic E-state index is -0.511. The average Bonchev–Trinajstić information content (AvgIpc) is 2.00. The molecule has 5 heteroatoms. The van der Waals surface area contributed by atoms with Gasteiger partial charge in [-0.2, -0.15) is 0 Å². The van der Waals surface area contributed by atoms with Gasteiger partial charge in [0.2, 0.25) is 0 Å². The molecule has 0 aliphatic rings. The predicted octanol–water partition coefficient (Wildman–Crippen LogP) is -0.0124. The van der Waals surface area contributed by atoms with Gasteiger partial charge in [0.1, 0.15) is 0 Å². The van der Waals surface area contributed by atoms with Crippen LogP contribution in [-0.4, -0.2) is 36.6 Å². The number of hydrogen-bond acceptors (Lipinski definition) is 5. The zero-order valence-electron chi connectivity index (χ0n) is 7.50. The van der Waals surface area contributed by atoms with Gasteiger partial charge in [-0.1, -0.05) is 0 Å². The van der Waals surface area contributed by atoms with Crippen LogP contribution in [0.15, 0.2) is 5.16 Å². The van der Waals surface area contributed by atoms with Gasteiger partial charge in [-0.25, -0.2) is 0 Å². The zero-order valence-corrected chi connectivity index (χ0v) is 7.50. The molecule has 0 saturated heterocycles. The zero-order chi connectivity index (χ0) is 9.61. The third-order valence-corrected chi connectivity index (χ3v) is 1.30. The molecule has 12 heavy (non-hydrogen) atoms. The van der Waals surface area contributed by atoms with Crippen LogP contribution in [0.5, 0.6) is 0 Å². The summed E-state index contributed by atoms with van der Waals surface area (Å²) in [6.45, 7) is 3.64. The molecule has 0 amide bonds. The fraction of sp³-hybridized carbons (Fsp3) is 0.714. The molecule has 0 atom stereocenters. The summed E-state index contributed by atoms with van der Waals surface area (Å²) >= 11 is 0. The van der Waals surface area contributed by atoms with Gasteiger partial charge >= 0.3 is 5.97 Å². The minimum absolute atomic E-state index is 0.0928. The molecule has 0 aromatic heterocycles. The molecular weight excluding hydrogens is 160 g/mol. The van der Waals surface area contributed by atoms with Crippen LogP contribution < -0.4 is 5.32 Å². The van der Waals surface area contributed by atoms with E-state index in [1.807, 2.05) is 0 Å². The summed E-state index contributed by atoms with van der Waals surface area (Å²) in [6, 6.07) is 0. The summed E-state index contributed by atoms with van der Waals surface area (Å²) in [5.41, 5.74) is -0.511. The Bertz CT molecular complexity index is 177. The van der Waals surface area contributed by atoms with Crippen molar-refractivity contribution in [3.63, 3.8) is 0 Å². The standard InChI is InChI=1S/C7H14N2O3/c1-7(2,5-9-11)8-4-6(10)12-3/h5,8,11H,4H2,1-3H3/b9-5+. The van der Waals surface area contributed by atoms with Crippen LogP contribution in [-0.2, 0) is 9.53 Å². The lowest BCUT2D eigenvalue weighted by Crippen LogP contribution is -2.43. The van der Waals surface area contributed by atoms with Crippen molar-refractivity contribution in [3.8, 4) is 0 Å². The number of esters is 1. The van der Waals surface area contributed by atoms with Crippen molar-refractivity contribution >= 4 is 12.2 Å². The third kappa shape index (κ3) is 4.68. The van der Waals surface area contributed by atoms with Gasteiger partial charge in [0.05, 0.1) is 25.4 Å². The summed E-state index contributed by atoms with van der Waals surface area (Å²) in [5.74, 6) is -0.352. The average molecular weight is 174 g/mol. The lowest BCUT2D eigenvalue weighted by molar-refractivity contribution is -0.139. The SMILES string of the molecule is COC(=O)CNC(C)(C)/C=N/O. The maximum atomic E-state index is 10.7. The predicted molar refractivity (Wildman–Crippen MR) is 44.4 cm³/mol. The Kier molecular flexibility index (Phi) is 4.28. The quantitative estimate of drug-likeness (QED) is 0.272. The molecule has 0 spiro atoms. The summed E-state index contributed by atoms with van der Waals surface area (Å²) in [5, 5.41) is 13.9. The van der Waals surface area contributed by atoms with Crippen LogP contribution in [0.1, 0.15) is 13.8 Å². The Labute approximate surface area is 71.4 Å². The Hall–Kier alpha value is -1.10. The lowest BCUT2D eigenvalue weighted by Gasteiger charge is -2.19. The Morgan fingerprint density at radius 3 is 2.75 bits per heavy atom. The number of carbonyl (C=O) groups is 1. The molecule has 0 radical (unpaired) electrons. The Morgan fingerprint density at radius 2 is 2.33 bits per heavy atom. The van der Waals surface area contributed by atoms with Crippen LogP contribution >= 0.6 is 0 Å². The van der Waals surface area contributed by atoms with Gasteiger partial charge in [0.25, 0.3) is 0 Å². The molecule has 0 rings (SSSR count). The second-order valence-corrected chi connectivity index (χ2v) is 2.90. The van der Waals surface area contributed by atoms with Gasteiger partial charge in [0.15, 0.2) is 0 Å². The molecule has 0 heterocycles. The largest absolute Gasteiger partial charge is 0.468 e. The number of oxime groups is 1. The van der Waals surface area contributed by atoms with Gasteiger partial charge in [-0.15, -0.1) is 5.16 Å². The molecular formula is C7H14N2O3. The van der Waals surface area contributed by atoms with E-state index in [1.54, 1.807) is 13.8 Å². The van der Waals surface area contributed by atoms with Crippen molar-refractivity contribution in [1.82, 2.24) is 5.32 Å². The van der Waals surface area contributed by atoms with E-state index in [4.69, 9.17) is 5.21 Å². The number of nitrogens with zero attached hydrogens (tertiary/aromatic N) is 1. The van der Waals surface area contributed by atoms with E-state index in [0.29, 0.717) is 0 Å². The highest BCUT2D eigenvalue weighted by molar-refractivity contribution is 5.74. The summed E-state index contributed by atoms with van der Waals surface area (Å²) < 4.78 is 4.42. The van der Waals surface area contributed by atoms with Crippen LogP contribution in [0.25, 0.3) is 0 Å². The van der Waals surface area contributed by atoms with Crippen molar-refractivity contribution in [2.45, 2.75) is 19.4 Å². The fourth-order valence-corrected chi connectivity index (χ4v) is 0.562. The maximum Gasteiger partial charge on any atom is 0.319 e. The van der Waals surface area contributed by atoms with Gasteiger partial charge in [-0.3, -0.25) is 10.1 Å². The van der Waals surface area contributed by atoms with Gasteiger partial charge in [-0.05, 0) is 13.8 Å². The Balaban J connectivity index is 3.83. The van der Waals surface area contributed by atoms with Crippen molar-refractivity contribution in [3.05, 3.63) is 0 Å². The van der Waals surface area contributed by atoms with Crippen molar-refractivity contribution in [2.75, 3.05) is 13.7 Å². The van der Waals surface area contributed by atoms with E-state index >= 15 is 0 Å². The van der Waals surface area contributed by atoms with Crippen molar-refractivity contribution in [1.29, 1.82) is 0 Å². The molecule has 0 aliphatic carbocycles. The highest BCUT2D eigenvalue weighted by Crippen LogP contribution is 1.96. The first-order chi connectivity index (χ1) is 5.52. The molecule has 2 N–H and O–H groups in total. The Morgan fingerprint density at radius 1 is 1.75 bits per heavy atom. The lowest BCUT2D eigenvalue weighted by atomic mass is 10.1. The van der Waals surface area contributed by atoms with E-state index in [1.165, 1.54) is 13.3 Å². The van der Waals surface area contributed by atoms with Gasteiger partial charge in [0, 0.05) is 0 Å². The minimum Gasteiger partial charge on any atom is -0.468 e. The number of ether oxygens (including phenoxy) is 1. The highest BCUT2D eigenvalue weighted by Gasteiger charge is 2.15. The molecule has 0 bridgehead atoms. The second-order valence-electron chi connectivity index (χ2n) is 2.90. The summed E-state index contributed by atoms with van der Waals surface area (Å²) in [7, 11) is 1.32. The first-order valence-electron chi connectivity index (χ1n) is 3.52. The molecule has 0 aromatic carbocycles. The van der Waals surface area contributed by atoms with E-state index in [0.717, 1.165) is 0 Å². The third-order valence-electron chi connectivity index (χ3n) is 1.30. The summed E-state index contributed by atoms with van der Waals surface area (Å²) in [6.07, 6.45) is 1.30. The first-order valence-corrected chi connectivity index (χ1v) is 3.52. The topological polar surface area (TPSA) is 70.9 Å². The number of rotatable bonds is 4. The van der Waals surface area contributed by atoms with Crippen LogP contribution in [0, 0.1) is 0 Å². The van der Waals surface area contributed by atoms with E-state index < -0.39 is 5.54 Å². The van der Waals surface area contributed by atoms with Crippen LogP contribution in [0.3, 0.4) is 0 Å². The molecule has 0 fully saturated rings. The molecule has 0 unspecified atom stereocenters. The molecule has 0 aliphatic heterocycles. The maximum absolute atomic E-state index is 10.7. The normalized spacial score (nSPS) is 11.9. The monoisotopic (exact) mass is 174 g/mol. The van der Waals surface area contributed by atoms with Crippen LogP contribution in [0.4, 0.5) is 0 Å². The smallest absolute Gasteiger partial charge is 0.319 e. The molecule has 5 nitrogen and oxygen atoms in total. The fourth-order valence-electron chi connectivity index (χ4n) is 0.562. The van der Waals surface area contributed by atoms with Crippen molar-refractivity contribution < 1.29 is 14.7 Å². The number of hydrogen-bond donors (Lipinski definition) is 2. The molecule has 0 saturated carbocycles. The summed E-state index contributed by atoms with van der Waals surface area (Å²) in [4.78, 5) is 10.7. The number of nitrogens with one attached hydrogen (secondary N) is 1. The number of carbonyl (C=O) groups excluding carboxylic acids is 1. The first kappa shape index (κ1) is 10.9.